The summed E-state index contributed by atoms with van der Waals surface area (Å²) in [5, 5.41) is 18.7. The second kappa shape index (κ2) is 7.23. The summed E-state index contributed by atoms with van der Waals surface area (Å²) in [4.78, 5) is 23.2. The molecule has 0 fully saturated rings. The molecule has 1 rings (SSSR count). The lowest BCUT2D eigenvalue weighted by Crippen LogP contribution is -2.41. The molecule has 7 heteroatoms. The van der Waals surface area contributed by atoms with Crippen molar-refractivity contribution in [3.63, 3.8) is 0 Å². The SMILES string of the molecule is N#Cc1ccc(C(O)CN(CC(N)=O)CC(N)=O)cc1. The fourth-order valence-corrected chi connectivity index (χ4v) is 1.76. The van der Waals surface area contributed by atoms with Crippen molar-refractivity contribution in [1.29, 1.82) is 5.26 Å². The van der Waals surface area contributed by atoms with Crippen molar-refractivity contribution in [2.24, 2.45) is 11.5 Å². The van der Waals surface area contributed by atoms with E-state index in [1.807, 2.05) is 6.07 Å². The molecule has 7 nitrogen and oxygen atoms in total. The zero-order valence-corrected chi connectivity index (χ0v) is 10.8. The van der Waals surface area contributed by atoms with Crippen molar-refractivity contribution in [2.75, 3.05) is 19.6 Å². The van der Waals surface area contributed by atoms with Gasteiger partial charge in [0.25, 0.3) is 0 Å². The van der Waals surface area contributed by atoms with Gasteiger partial charge in [0.05, 0.1) is 30.8 Å². The molecule has 0 radical (unpaired) electrons. The summed E-state index contributed by atoms with van der Waals surface area (Å²) in [6.07, 6.45) is -0.915. The summed E-state index contributed by atoms with van der Waals surface area (Å²) >= 11 is 0. The molecule has 0 heterocycles. The van der Waals surface area contributed by atoms with Crippen molar-refractivity contribution in [3.05, 3.63) is 35.4 Å². The third-order valence-electron chi connectivity index (χ3n) is 2.61. The van der Waals surface area contributed by atoms with Crippen molar-refractivity contribution in [2.45, 2.75) is 6.10 Å². The summed E-state index contributed by atoms with van der Waals surface area (Å²) in [6, 6.07) is 8.33. The van der Waals surface area contributed by atoms with E-state index in [-0.39, 0.29) is 19.6 Å². The van der Waals surface area contributed by atoms with Gasteiger partial charge in [-0.25, -0.2) is 0 Å². The number of carbonyl (C=O) groups excluding carboxylic acids is 2. The Labute approximate surface area is 116 Å². The maximum atomic E-state index is 10.9. The number of hydrogen-bond donors (Lipinski definition) is 3. The second-order valence-corrected chi connectivity index (χ2v) is 4.35. The van der Waals surface area contributed by atoms with Crippen LogP contribution in [0.1, 0.15) is 17.2 Å². The van der Waals surface area contributed by atoms with E-state index < -0.39 is 17.9 Å². The van der Waals surface area contributed by atoms with Crippen LogP contribution in [0.2, 0.25) is 0 Å². The Hall–Kier alpha value is -2.43. The van der Waals surface area contributed by atoms with E-state index in [9.17, 15) is 14.7 Å². The van der Waals surface area contributed by atoms with Crippen LogP contribution in [-0.2, 0) is 9.59 Å². The first-order valence-electron chi connectivity index (χ1n) is 5.89. The standard InChI is InChI=1S/C13H16N4O3/c14-5-9-1-3-10(4-2-9)11(18)6-17(7-12(15)19)8-13(16)20/h1-4,11,18H,6-8H2,(H2,15,19)(H2,16,20). The molecule has 0 saturated heterocycles. The number of amides is 2. The van der Waals surface area contributed by atoms with E-state index in [1.54, 1.807) is 24.3 Å². The van der Waals surface area contributed by atoms with Gasteiger partial charge in [0.1, 0.15) is 0 Å². The lowest BCUT2D eigenvalue weighted by atomic mass is 10.1. The van der Waals surface area contributed by atoms with Gasteiger partial charge in [0.15, 0.2) is 0 Å². The number of primary amides is 2. The molecule has 106 valence electrons. The highest BCUT2D eigenvalue weighted by molar-refractivity contribution is 5.79. The lowest BCUT2D eigenvalue weighted by Gasteiger charge is -2.22. The molecule has 1 atom stereocenters. The second-order valence-electron chi connectivity index (χ2n) is 4.35. The van der Waals surface area contributed by atoms with Crippen LogP contribution in [0.5, 0.6) is 0 Å². The first-order chi connectivity index (χ1) is 9.42. The van der Waals surface area contributed by atoms with Crippen LogP contribution in [0.3, 0.4) is 0 Å². The molecule has 1 unspecified atom stereocenters. The number of hydrogen-bond acceptors (Lipinski definition) is 5. The molecule has 0 aliphatic carbocycles. The molecule has 0 aliphatic heterocycles. The summed E-state index contributed by atoms with van der Waals surface area (Å²) in [6.45, 7) is -0.301. The highest BCUT2D eigenvalue weighted by Gasteiger charge is 2.17. The molecular formula is C13H16N4O3. The summed E-state index contributed by atoms with van der Waals surface area (Å²) in [7, 11) is 0. The van der Waals surface area contributed by atoms with E-state index in [0.29, 0.717) is 11.1 Å². The Bertz CT molecular complexity index is 505. The zero-order chi connectivity index (χ0) is 15.1. The summed E-state index contributed by atoms with van der Waals surface area (Å²) < 4.78 is 0. The molecule has 0 aliphatic rings. The van der Waals surface area contributed by atoms with Gasteiger partial charge in [-0.1, -0.05) is 12.1 Å². The van der Waals surface area contributed by atoms with Gasteiger partial charge in [-0.05, 0) is 17.7 Å². The van der Waals surface area contributed by atoms with Crippen molar-refractivity contribution in [1.82, 2.24) is 4.90 Å². The Morgan fingerprint density at radius 2 is 1.70 bits per heavy atom. The number of aliphatic hydroxyl groups is 1. The molecule has 2 amide bonds. The number of rotatable bonds is 7. The highest BCUT2D eigenvalue weighted by Crippen LogP contribution is 2.15. The molecule has 0 bridgehead atoms. The molecule has 1 aromatic rings. The number of benzene rings is 1. The number of carbonyl (C=O) groups is 2. The van der Waals surface area contributed by atoms with E-state index in [4.69, 9.17) is 16.7 Å². The Balaban J connectivity index is 2.73. The van der Waals surface area contributed by atoms with Crippen molar-refractivity contribution >= 4 is 11.8 Å². The number of nitrogens with two attached hydrogens (primary N) is 2. The Kier molecular flexibility index (Phi) is 5.65. The maximum Gasteiger partial charge on any atom is 0.231 e. The van der Waals surface area contributed by atoms with Crippen LogP contribution in [0.25, 0.3) is 0 Å². The van der Waals surface area contributed by atoms with E-state index >= 15 is 0 Å². The van der Waals surface area contributed by atoms with Crippen LogP contribution in [-0.4, -0.2) is 41.5 Å². The van der Waals surface area contributed by atoms with Crippen LogP contribution >= 0.6 is 0 Å². The topological polar surface area (TPSA) is 133 Å². The minimum Gasteiger partial charge on any atom is -0.387 e. The Morgan fingerprint density at radius 3 is 2.10 bits per heavy atom. The van der Waals surface area contributed by atoms with Crippen LogP contribution in [0.4, 0.5) is 0 Å². The van der Waals surface area contributed by atoms with Gasteiger partial charge in [0.2, 0.25) is 11.8 Å². The molecule has 0 spiro atoms. The minimum atomic E-state index is -0.915. The highest BCUT2D eigenvalue weighted by atomic mass is 16.3. The number of nitriles is 1. The van der Waals surface area contributed by atoms with E-state index in [2.05, 4.69) is 0 Å². The molecule has 0 saturated carbocycles. The Morgan fingerprint density at radius 1 is 1.20 bits per heavy atom. The molecular weight excluding hydrogens is 260 g/mol. The average Bonchev–Trinajstić information content (AvgIpc) is 2.37. The predicted molar refractivity (Wildman–Crippen MR) is 70.9 cm³/mol. The van der Waals surface area contributed by atoms with E-state index in [1.165, 1.54) is 4.90 Å². The van der Waals surface area contributed by atoms with Crippen LogP contribution in [0.15, 0.2) is 24.3 Å². The van der Waals surface area contributed by atoms with Crippen molar-refractivity contribution < 1.29 is 14.7 Å². The van der Waals surface area contributed by atoms with Gasteiger partial charge in [-0.15, -0.1) is 0 Å². The maximum absolute atomic E-state index is 10.9. The van der Waals surface area contributed by atoms with Crippen LogP contribution in [0, 0.1) is 11.3 Å². The van der Waals surface area contributed by atoms with Gasteiger partial charge >= 0.3 is 0 Å². The quantitative estimate of drug-likeness (QED) is 0.579. The first-order valence-corrected chi connectivity index (χ1v) is 5.89. The number of aliphatic hydroxyl groups excluding tert-OH is 1. The average molecular weight is 276 g/mol. The van der Waals surface area contributed by atoms with E-state index in [0.717, 1.165) is 0 Å². The number of nitrogens with zero attached hydrogens (tertiary/aromatic N) is 2. The molecule has 5 N–H and O–H groups in total. The monoisotopic (exact) mass is 276 g/mol. The first kappa shape index (κ1) is 15.6. The molecule has 1 aromatic carbocycles. The minimum absolute atomic E-state index is 0.0395. The third-order valence-corrected chi connectivity index (χ3v) is 2.61. The van der Waals surface area contributed by atoms with Gasteiger partial charge < -0.3 is 16.6 Å². The predicted octanol–water partition coefficient (Wildman–Crippen LogP) is -1.14. The van der Waals surface area contributed by atoms with Gasteiger partial charge in [0, 0.05) is 6.54 Å². The largest absolute Gasteiger partial charge is 0.387 e. The van der Waals surface area contributed by atoms with Gasteiger partial charge in [-0.2, -0.15) is 5.26 Å². The smallest absolute Gasteiger partial charge is 0.231 e. The van der Waals surface area contributed by atoms with Crippen molar-refractivity contribution in [3.8, 4) is 6.07 Å². The molecule has 0 aromatic heterocycles. The summed E-state index contributed by atoms with van der Waals surface area (Å²) in [5.74, 6) is -1.23. The fourth-order valence-electron chi connectivity index (χ4n) is 1.76. The summed E-state index contributed by atoms with van der Waals surface area (Å²) in [5.41, 5.74) is 11.2. The molecule has 20 heavy (non-hydrogen) atoms. The normalized spacial score (nSPS) is 11.8. The third kappa shape index (κ3) is 5.06. The van der Waals surface area contributed by atoms with Gasteiger partial charge in [-0.3, -0.25) is 14.5 Å². The van der Waals surface area contributed by atoms with Crippen LogP contribution < -0.4 is 11.5 Å². The fraction of sp³-hybridized carbons (Fsp3) is 0.308. The zero-order valence-electron chi connectivity index (χ0n) is 10.8. The lowest BCUT2D eigenvalue weighted by molar-refractivity contribution is -0.122.